The average molecular weight is 136 g/mol. The maximum atomic E-state index is 10.7. The smallest absolute Gasteiger partial charge is 0.0223 e. The first-order valence-corrected chi connectivity index (χ1v) is 5.24. The Kier molecular flexibility index (Phi) is 2.41. The van der Waals surface area contributed by atoms with Gasteiger partial charge in [0.15, 0.2) is 0 Å². The fourth-order valence-electron chi connectivity index (χ4n) is 0.0745. The fourth-order valence-corrected chi connectivity index (χ4v) is 0.224. The number of hydrogen-bond acceptors (Lipinski definition) is 1. The molecule has 0 heterocycles. The van der Waals surface area contributed by atoms with E-state index in [0.717, 1.165) is 0 Å². The summed E-state index contributed by atoms with van der Waals surface area (Å²) in [5, 5.41) is 2.79. The summed E-state index contributed by atoms with van der Waals surface area (Å²) in [5.74, 6) is 0. The Morgan fingerprint density at radius 2 is 1.71 bits per heavy atom. The molecule has 1 nitrogen and oxygen atoms in total. The summed E-state index contributed by atoms with van der Waals surface area (Å²) in [7, 11) is -0.0224. The van der Waals surface area contributed by atoms with Crippen molar-refractivity contribution in [3.63, 3.8) is 0 Å². The number of hydrogen-bond donors (Lipinski definition) is 1. The van der Waals surface area contributed by atoms with E-state index in [1.54, 1.807) is 0 Å². The van der Waals surface area contributed by atoms with Crippen molar-refractivity contribution in [1.82, 2.24) is 0 Å². The van der Waals surface area contributed by atoms with Crippen LogP contribution in [-0.2, 0) is 9.55 Å². The van der Waals surface area contributed by atoms with E-state index in [1.807, 2.05) is 0 Å². The highest BCUT2D eigenvalue weighted by Gasteiger charge is 1.89. The van der Waals surface area contributed by atoms with E-state index in [4.69, 9.17) is 0 Å². The average Bonchev–Trinajstić information content (AvgIpc) is 1.68. The predicted molar refractivity (Wildman–Crippen MR) is 39.6 cm³/mol. The lowest BCUT2D eigenvalue weighted by atomic mass is 11.3. The molecule has 1 atom stereocenters. The molecule has 0 aromatic rings. The van der Waals surface area contributed by atoms with Crippen molar-refractivity contribution in [2.24, 2.45) is 0 Å². The first-order chi connectivity index (χ1) is 3.12. The van der Waals surface area contributed by atoms with Crippen LogP contribution in [0.4, 0.5) is 0 Å². The zero-order chi connectivity index (χ0) is 5.91. The third-order valence-electron chi connectivity index (χ3n) is 0.571. The van der Waals surface area contributed by atoms with Crippen molar-refractivity contribution >= 4 is 18.0 Å². The topological polar surface area (TPSA) is 17.1 Å². The maximum Gasteiger partial charge on any atom is -0.0223 e. The Labute approximate surface area is 46.9 Å². The van der Waals surface area contributed by atoms with E-state index in [9.17, 15) is 4.21 Å². The molecule has 3 heteroatoms. The molecule has 0 aliphatic carbocycles. The second kappa shape index (κ2) is 2.39. The van der Waals surface area contributed by atoms with Crippen molar-refractivity contribution in [2.45, 2.75) is 0 Å². The van der Waals surface area contributed by atoms with Gasteiger partial charge in [-0.15, -0.1) is 0 Å². The Hall–Kier alpha value is 0.0600. The van der Waals surface area contributed by atoms with Gasteiger partial charge in [0.05, 0.1) is 0 Å². The Morgan fingerprint density at radius 1 is 1.43 bits per heavy atom. The molecule has 0 N–H and O–H groups in total. The summed E-state index contributed by atoms with van der Waals surface area (Å²) in [4.78, 5) is 0. The Balaban J connectivity index is 4.13. The zero-order valence-electron chi connectivity index (χ0n) is 4.00. The van der Waals surface area contributed by atoms with Gasteiger partial charge in [-0.25, -0.2) is 0 Å². The molecule has 0 aromatic heterocycles. The van der Waals surface area contributed by atoms with Crippen LogP contribution in [0, 0.1) is 0 Å². The first kappa shape index (κ1) is 7.06. The summed E-state index contributed by atoms with van der Waals surface area (Å²) >= 11 is 0. The van der Waals surface area contributed by atoms with Gasteiger partial charge in [-0.05, 0) is 10.8 Å². The van der Waals surface area contributed by atoms with Crippen LogP contribution in [0.5, 0.6) is 0 Å². The van der Waals surface area contributed by atoms with Gasteiger partial charge >= 0.3 is 0 Å². The van der Waals surface area contributed by atoms with E-state index in [-0.39, 0.29) is 0 Å². The molecule has 0 bridgehead atoms. The van der Waals surface area contributed by atoms with Gasteiger partial charge in [0.25, 0.3) is 0 Å². The van der Waals surface area contributed by atoms with Crippen molar-refractivity contribution in [2.75, 3.05) is 0 Å². The molecule has 0 aliphatic heterocycles. The van der Waals surface area contributed by atoms with Gasteiger partial charge in [0, 0.05) is 0 Å². The highest BCUT2D eigenvalue weighted by molar-refractivity contribution is 8.48. The molecule has 0 amide bonds. The lowest BCUT2D eigenvalue weighted by molar-refractivity contribution is 0.691. The molecule has 0 aliphatic rings. The summed E-state index contributed by atoms with van der Waals surface area (Å²) in [6, 6.07) is 0. The van der Waals surface area contributed by atoms with E-state index >= 15 is 0 Å². The lowest BCUT2D eigenvalue weighted by Gasteiger charge is -2.01. The van der Waals surface area contributed by atoms with Crippen molar-refractivity contribution in [3.8, 4) is 0 Å². The van der Waals surface area contributed by atoms with Gasteiger partial charge in [0.1, 0.15) is 0 Å². The standard InChI is InChI=1S/C4H9OPS/c1-3-7(5,6)4-2/h3-4,7H,1-2,6H2. The van der Waals surface area contributed by atoms with Crippen LogP contribution < -0.4 is 0 Å². The largest absolute Gasteiger partial charge is 0.274 e. The molecule has 0 saturated carbocycles. The van der Waals surface area contributed by atoms with Crippen LogP contribution in [0.3, 0.4) is 0 Å². The lowest BCUT2D eigenvalue weighted by Crippen LogP contribution is -1.84. The van der Waals surface area contributed by atoms with Crippen LogP contribution >= 0.6 is 8.44 Å². The van der Waals surface area contributed by atoms with E-state index in [1.165, 1.54) is 10.8 Å². The Bertz CT molecular complexity index is 118. The molecular weight excluding hydrogens is 127 g/mol. The van der Waals surface area contributed by atoms with Gasteiger partial charge in [0.2, 0.25) is 0 Å². The maximum absolute atomic E-state index is 10.7. The SMILES string of the molecule is C=C[SH](=O)(P)C=C. The number of thiol groups is 1. The minimum absolute atomic E-state index is 1.39. The summed E-state index contributed by atoms with van der Waals surface area (Å²) in [6.45, 7) is 6.70. The molecule has 0 fully saturated rings. The van der Waals surface area contributed by atoms with E-state index < -0.39 is 9.55 Å². The molecule has 0 spiro atoms. The molecular formula is C4H9OPS. The van der Waals surface area contributed by atoms with Crippen LogP contribution in [-0.4, -0.2) is 4.21 Å². The zero-order valence-corrected chi connectivity index (χ0v) is 6.05. The number of rotatable bonds is 2. The van der Waals surface area contributed by atoms with Gasteiger partial charge in [-0.1, -0.05) is 31.2 Å². The van der Waals surface area contributed by atoms with Gasteiger partial charge in [-0.3, -0.25) is 4.21 Å². The fraction of sp³-hybridized carbons (Fsp3) is 0. The second-order valence-corrected chi connectivity index (χ2v) is 5.81. The van der Waals surface area contributed by atoms with Crippen LogP contribution in [0.1, 0.15) is 0 Å². The minimum atomic E-state index is -2.21. The van der Waals surface area contributed by atoms with Crippen molar-refractivity contribution < 1.29 is 4.21 Å². The quantitative estimate of drug-likeness (QED) is 0.444. The molecule has 0 aromatic carbocycles. The molecule has 0 radical (unpaired) electrons. The predicted octanol–water partition coefficient (Wildman–Crippen LogP) is 1.08. The summed E-state index contributed by atoms with van der Waals surface area (Å²) in [5.41, 5.74) is 0. The molecule has 1 unspecified atom stereocenters. The van der Waals surface area contributed by atoms with Crippen molar-refractivity contribution in [1.29, 1.82) is 0 Å². The van der Waals surface area contributed by atoms with E-state index in [0.29, 0.717) is 0 Å². The molecule has 7 heavy (non-hydrogen) atoms. The van der Waals surface area contributed by atoms with Gasteiger partial charge < -0.3 is 0 Å². The third-order valence-corrected chi connectivity index (χ3v) is 2.98. The minimum Gasteiger partial charge on any atom is -0.274 e. The van der Waals surface area contributed by atoms with Crippen LogP contribution in [0.15, 0.2) is 24.0 Å². The van der Waals surface area contributed by atoms with Crippen LogP contribution in [0.25, 0.3) is 0 Å². The van der Waals surface area contributed by atoms with Gasteiger partial charge in [-0.2, -0.15) is 0 Å². The van der Waals surface area contributed by atoms with E-state index in [2.05, 4.69) is 21.6 Å². The summed E-state index contributed by atoms with van der Waals surface area (Å²) < 4.78 is 10.7. The Morgan fingerprint density at radius 3 is 1.71 bits per heavy atom. The molecule has 0 saturated heterocycles. The highest BCUT2D eigenvalue weighted by atomic mass is 32.8. The summed E-state index contributed by atoms with van der Waals surface area (Å²) in [6.07, 6.45) is 0. The molecule has 42 valence electrons. The third kappa shape index (κ3) is 2.72. The monoisotopic (exact) mass is 136 g/mol. The first-order valence-electron chi connectivity index (χ1n) is 1.77. The molecule has 0 rings (SSSR count). The van der Waals surface area contributed by atoms with Crippen LogP contribution in [0.2, 0.25) is 0 Å². The second-order valence-electron chi connectivity index (χ2n) is 1.13. The normalized spacial score (nSPS) is 12.7. The highest BCUT2D eigenvalue weighted by Crippen LogP contribution is 2.14. The van der Waals surface area contributed by atoms with Crippen molar-refractivity contribution in [3.05, 3.63) is 24.0 Å².